The van der Waals surface area contributed by atoms with Gasteiger partial charge in [-0.3, -0.25) is 4.79 Å². The summed E-state index contributed by atoms with van der Waals surface area (Å²) < 4.78 is 8.07. The van der Waals surface area contributed by atoms with Crippen molar-refractivity contribution in [1.29, 1.82) is 0 Å². The summed E-state index contributed by atoms with van der Waals surface area (Å²) in [6, 6.07) is 0.628. The van der Waals surface area contributed by atoms with Crippen molar-refractivity contribution in [2.45, 2.75) is 33.5 Å². The summed E-state index contributed by atoms with van der Waals surface area (Å²) in [7, 11) is 0. The fourth-order valence-corrected chi connectivity index (χ4v) is 1.99. The number of carbonyl (C=O) groups is 1. The van der Waals surface area contributed by atoms with Crippen molar-refractivity contribution in [2.75, 3.05) is 11.9 Å². The van der Waals surface area contributed by atoms with E-state index in [2.05, 4.69) is 15.5 Å². The summed E-state index contributed by atoms with van der Waals surface area (Å²) in [5.74, 6) is -0.631. The Bertz CT molecular complexity index is 707. The van der Waals surface area contributed by atoms with E-state index in [1.54, 1.807) is 24.7 Å². The number of rotatable bonds is 7. The molecule has 2 aromatic heterocycles. The number of anilines is 1. The molecule has 2 heterocycles. The molecule has 2 rings (SSSR count). The van der Waals surface area contributed by atoms with Crippen LogP contribution in [0.15, 0.2) is 18.5 Å². The Labute approximate surface area is 132 Å². The van der Waals surface area contributed by atoms with Gasteiger partial charge in [0.25, 0.3) is 5.91 Å². The number of ether oxygens (including phenoxy) is 1. The molecule has 2 aromatic rings. The van der Waals surface area contributed by atoms with E-state index in [0.29, 0.717) is 24.7 Å². The summed E-state index contributed by atoms with van der Waals surface area (Å²) in [6.45, 7) is 6.01. The van der Waals surface area contributed by atoms with Gasteiger partial charge >= 0.3 is 5.82 Å². The molecule has 0 aliphatic rings. The van der Waals surface area contributed by atoms with Crippen molar-refractivity contribution in [2.24, 2.45) is 0 Å². The molecule has 10 heteroatoms. The standard InChI is InChI=1S/C13H18N6O4/c1-4-23-8-17-7-11(6-14-17)15-13(20)10(3)18-9(2)5-12(16-18)19(21)22/h5-7,10H,4,8H2,1-3H3,(H,15,20). The molecule has 0 aliphatic heterocycles. The van der Waals surface area contributed by atoms with Crippen molar-refractivity contribution < 1.29 is 14.5 Å². The monoisotopic (exact) mass is 322 g/mol. The van der Waals surface area contributed by atoms with Gasteiger partial charge in [0.2, 0.25) is 0 Å². The van der Waals surface area contributed by atoms with Gasteiger partial charge in [-0.15, -0.1) is 0 Å². The van der Waals surface area contributed by atoms with Crippen LogP contribution in [0.5, 0.6) is 0 Å². The van der Waals surface area contributed by atoms with Gasteiger partial charge in [-0.1, -0.05) is 0 Å². The summed E-state index contributed by atoms with van der Waals surface area (Å²) in [5, 5.41) is 21.3. The Balaban J connectivity index is 2.05. The van der Waals surface area contributed by atoms with Crippen molar-refractivity contribution in [3.63, 3.8) is 0 Å². The highest BCUT2D eigenvalue weighted by atomic mass is 16.6. The zero-order chi connectivity index (χ0) is 17.0. The molecule has 1 N–H and O–H groups in total. The molecule has 0 fully saturated rings. The largest absolute Gasteiger partial charge is 0.390 e. The number of nitro groups is 1. The summed E-state index contributed by atoms with van der Waals surface area (Å²) in [5.41, 5.74) is 1.05. The molecular weight excluding hydrogens is 304 g/mol. The molecule has 23 heavy (non-hydrogen) atoms. The SMILES string of the molecule is CCOCn1cc(NC(=O)C(C)n2nc([N+](=O)[O-])cc2C)cn1. The Morgan fingerprint density at radius 3 is 2.91 bits per heavy atom. The first-order valence-corrected chi connectivity index (χ1v) is 7.04. The van der Waals surface area contributed by atoms with Crippen LogP contribution >= 0.6 is 0 Å². The van der Waals surface area contributed by atoms with Crippen LogP contribution in [0.4, 0.5) is 11.5 Å². The van der Waals surface area contributed by atoms with Crippen LogP contribution in [0.2, 0.25) is 0 Å². The highest BCUT2D eigenvalue weighted by molar-refractivity contribution is 5.93. The van der Waals surface area contributed by atoms with Crippen molar-refractivity contribution in [1.82, 2.24) is 19.6 Å². The second-order valence-electron chi connectivity index (χ2n) is 4.90. The van der Waals surface area contributed by atoms with E-state index in [1.807, 2.05) is 6.92 Å². The minimum absolute atomic E-state index is 0.285. The second kappa shape index (κ2) is 7.01. The topological polar surface area (TPSA) is 117 Å². The number of hydrogen-bond acceptors (Lipinski definition) is 6. The van der Waals surface area contributed by atoms with Gasteiger partial charge in [-0.25, -0.2) is 4.68 Å². The normalized spacial score (nSPS) is 12.1. The predicted molar refractivity (Wildman–Crippen MR) is 80.8 cm³/mol. The van der Waals surface area contributed by atoms with Crippen LogP contribution in [-0.4, -0.2) is 37.0 Å². The van der Waals surface area contributed by atoms with Crippen LogP contribution in [0.25, 0.3) is 0 Å². The second-order valence-corrected chi connectivity index (χ2v) is 4.90. The molecular formula is C13H18N6O4. The smallest absolute Gasteiger partial charge is 0.360 e. The quantitative estimate of drug-likeness (QED) is 0.609. The number of aromatic nitrogens is 4. The number of amides is 1. The molecule has 0 aromatic carbocycles. The van der Waals surface area contributed by atoms with E-state index in [1.165, 1.54) is 16.9 Å². The first-order chi connectivity index (χ1) is 10.9. The lowest BCUT2D eigenvalue weighted by atomic mass is 10.3. The van der Waals surface area contributed by atoms with E-state index in [9.17, 15) is 14.9 Å². The number of nitrogens with zero attached hydrogens (tertiary/aromatic N) is 5. The third-order valence-corrected chi connectivity index (χ3v) is 3.17. The lowest BCUT2D eigenvalue weighted by molar-refractivity contribution is -0.389. The maximum Gasteiger partial charge on any atom is 0.390 e. The maximum absolute atomic E-state index is 12.3. The number of hydrogen-bond donors (Lipinski definition) is 1. The number of carbonyl (C=O) groups excluding carboxylic acids is 1. The first kappa shape index (κ1) is 16.6. The fraction of sp³-hybridized carbons (Fsp3) is 0.462. The molecule has 124 valence electrons. The zero-order valence-corrected chi connectivity index (χ0v) is 13.1. The zero-order valence-electron chi connectivity index (χ0n) is 13.1. The van der Waals surface area contributed by atoms with Crippen molar-refractivity contribution in [3.8, 4) is 0 Å². The van der Waals surface area contributed by atoms with E-state index < -0.39 is 11.0 Å². The molecule has 0 bridgehead atoms. The Kier molecular flexibility index (Phi) is 5.06. The predicted octanol–water partition coefficient (Wildman–Crippen LogP) is 1.49. The first-order valence-electron chi connectivity index (χ1n) is 7.04. The van der Waals surface area contributed by atoms with E-state index >= 15 is 0 Å². The Morgan fingerprint density at radius 1 is 1.57 bits per heavy atom. The van der Waals surface area contributed by atoms with Gasteiger partial charge in [-0.05, 0) is 25.7 Å². The molecule has 0 radical (unpaired) electrons. The van der Waals surface area contributed by atoms with E-state index in [0.717, 1.165) is 0 Å². The molecule has 0 spiro atoms. The summed E-state index contributed by atoms with van der Waals surface area (Å²) in [6.07, 6.45) is 3.14. The van der Waals surface area contributed by atoms with Gasteiger partial charge in [0.15, 0.2) is 0 Å². The average molecular weight is 322 g/mol. The third-order valence-electron chi connectivity index (χ3n) is 3.17. The summed E-state index contributed by atoms with van der Waals surface area (Å²) in [4.78, 5) is 22.4. The van der Waals surface area contributed by atoms with Crippen LogP contribution in [0.1, 0.15) is 25.6 Å². The molecule has 10 nitrogen and oxygen atoms in total. The van der Waals surface area contributed by atoms with Gasteiger partial charge in [0, 0.05) is 6.61 Å². The van der Waals surface area contributed by atoms with Gasteiger partial charge in [0.1, 0.15) is 12.8 Å². The fourth-order valence-electron chi connectivity index (χ4n) is 1.99. The van der Waals surface area contributed by atoms with Crippen molar-refractivity contribution in [3.05, 3.63) is 34.3 Å². The molecule has 1 unspecified atom stereocenters. The van der Waals surface area contributed by atoms with Crippen molar-refractivity contribution >= 4 is 17.4 Å². The van der Waals surface area contributed by atoms with E-state index in [-0.39, 0.29) is 11.7 Å². The average Bonchev–Trinajstić information content (AvgIpc) is 3.11. The molecule has 0 saturated heterocycles. The van der Waals surface area contributed by atoms with E-state index in [4.69, 9.17) is 4.74 Å². The number of aryl methyl sites for hydroxylation is 1. The van der Waals surface area contributed by atoms with Crippen LogP contribution < -0.4 is 5.32 Å². The minimum Gasteiger partial charge on any atom is -0.360 e. The van der Waals surface area contributed by atoms with Gasteiger partial charge in [0.05, 0.1) is 34.9 Å². The minimum atomic E-state index is -0.695. The van der Waals surface area contributed by atoms with Gasteiger partial charge < -0.3 is 20.2 Å². The molecule has 0 aliphatic carbocycles. The highest BCUT2D eigenvalue weighted by Crippen LogP contribution is 2.17. The maximum atomic E-state index is 12.3. The highest BCUT2D eigenvalue weighted by Gasteiger charge is 2.24. The lowest BCUT2D eigenvalue weighted by Gasteiger charge is -2.10. The molecule has 0 saturated carbocycles. The molecule has 1 amide bonds. The third kappa shape index (κ3) is 3.92. The molecule has 1 atom stereocenters. The van der Waals surface area contributed by atoms with Crippen LogP contribution in [0.3, 0.4) is 0 Å². The van der Waals surface area contributed by atoms with Crippen LogP contribution in [0, 0.1) is 17.0 Å². The van der Waals surface area contributed by atoms with Crippen LogP contribution in [-0.2, 0) is 16.3 Å². The Morgan fingerprint density at radius 2 is 2.30 bits per heavy atom. The lowest BCUT2D eigenvalue weighted by Crippen LogP contribution is -2.25. The van der Waals surface area contributed by atoms with Gasteiger partial charge in [-0.2, -0.15) is 9.78 Å². The Hall–Kier alpha value is -2.75. The number of nitrogens with one attached hydrogen (secondary N) is 1. The summed E-state index contributed by atoms with van der Waals surface area (Å²) >= 11 is 0.